The fraction of sp³-hybridized carbons (Fsp3) is 0.154. The Morgan fingerprint density at radius 1 is 1.18 bits per heavy atom. The van der Waals surface area contributed by atoms with Crippen molar-refractivity contribution in [3.8, 4) is 0 Å². The number of carboxylic acid groups (broad SMARTS) is 1. The molecule has 2 aromatic rings. The molecule has 0 aliphatic carbocycles. The van der Waals surface area contributed by atoms with Crippen LogP contribution in [0.1, 0.15) is 16.1 Å². The van der Waals surface area contributed by atoms with Crippen molar-refractivity contribution in [2.45, 2.75) is 6.92 Å². The third-order valence-corrected chi connectivity index (χ3v) is 2.55. The Labute approximate surface area is 99.1 Å². The molecule has 0 aliphatic rings. The topological polar surface area (TPSA) is 53.7 Å². The fourth-order valence-electron chi connectivity index (χ4n) is 1.52. The predicted octanol–water partition coefficient (Wildman–Crippen LogP) is 3.05. The highest BCUT2D eigenvalue weighted by Gasteiger charge is 2.12. The molecule has 1 aromatic carbocycles. The molecule has 0 spiro atoms. The summed E-state index contributed by atoms with van der Waals surface area (Å²) in [6, 6.07) is 11.0. The van der Waals surface area contributed by atoms with Crippen molar-refractivity contribution in [2.75, 3.05) is 11.9 Å². The van der Waals surface area contributed by atoms with E-state index in [4.69, 9.17) is 9.52 Å². The first-order valence-electron chi connectivity index (χ1n) is 5.21. The Morgan fingerprint density at radius 3 is 2.35 bits per heavy atom. The van der Waals surface area contributed by atoms with E-state index in [1.165, 1.54) is 11.6 Å². The van der Waals surface area contributed by atoms with E-state index in [0.29, 0.717) is 5.88 Å². The lowest BCUT2D eigenvalue weighted by Crippen LogP contribution is -2.08. The third kappa shape index (κ3) is 2.30. The van der Waals surface area contributed by atoms with Gasteiger partial charge in [0.25, 0.3) is 0 Å². The maximum atomic E-state index is 10.7. The molecule has 1 N–H and O–H groups in total. The number of furan rings is 1. The highest BCUT2D eigenvalue weighted by molar-refractivity contribution is 5.85. The van der Waals surface area contributed by atoms with E-state index in [9.17, 15) is 4.79 Å². The predicted molar refractivity (Wildman–Crippen MR) is 64.9 cm³/mol. The van der Waals surface area contributed by atoms with E-state index in [-0.39, 0.29) is 5.76 Å². The van der Waals surface area contributed by atoms with Crippen LogP contribution in [-0.2, 0) is 0 Å². The molecule has 0 radical (unpaired) electrons. The zero-order valence-corrected chi connectivity index (χ0v) is 9.68. The second-order valence-corrected chi connectivity index (χ2v) is 3.84. The van der Waals surface area contributed by atoms with Gasteiger partial charge in [-0.1, -0.05) is 17.7 Å². The molecule has 0 amide bonds. The van der Waals surface area contributed by atoms with Crippen LogP contribution in [0, 0.1) is 6.92 Å². The largest absolute Gasteiger partial charge is 0.475 e. The van der Waals surface area contributed by atoms with E-state index >= 15 is 0 Å². The summed E-state index contributed by atoms with van der Waals surface area (Å²) in [6.45, 7) is 2.01. The summed E-state index contributed by atoms with van der Waals surface area (Å²) in [7, 11) is 1.83. The van der Waals surface area contributed by atoms with Crippen LogP contribution in [-0.4, -0.2) is 18.1 Å². The molecule has 4 heteroatoms. The summed E-state index contributed by atoms with van der Waals surface area (Å²) >= 11 is 0. The molecule has 0 saturated heterocycles. The second-order valence-electron chi connectivity index (χ2n) is 3.84. The number of rotatable bonds is 3. The van der Waals surface area contributed by atoms with Gasteiger partial charge >= 0.3 is 5.97 Å². The van der Waals surface area contributed by atoms with Gasteiger partial charge in [-0.25, -0.2) is 4.79 Å². The number of hydrogen-bond acceptors (Lipinski definition) is 3. The number of carboxylic acids is 1. The van der Waals surface area contributed by atoms with E-state index in [0.717, 1.165) is 5.69 Å². The van der Waals surface area contributed by atoms with E-state index in [2.05, 4.69) is 0 Å². The van der Waals surface area contributed by atoms with Crippen LogP contribution in [0.2, 0.25) is 0 Å². The first kappa shape index (κ1) is 11.3. The van der Waals surface area contributed by atoms with Gasteiger partial charge in [-0.2, -0.15) is 0 Å². The Bertz CT molecular complexity index is 528. The minimum absolute atomic E-state index is 0.0565. The van der Waals surface area contributed by atoms with Crippen molar-refractivity contribution in [2.24, 2.45) is 0 Å². The van der Waals surface area contributed by atoms with Crippen molar-refractivity contribution in [1.82, 2.24) is 0 Å². The van der Waals surface area contributed by atoms with Gasteiger partial charge in [-0.05, 0) is 25.1 Å². The summed E-state index contributed by atoms with van der Waals surface area (Å²) in [6.07, 6.45) is 0. The highest BCUT2D eigenvalue weighted by atomic mass is 16.4. The summed E-state index contributed by atoms with van der Waals surface area (Å²) < 4.78 is 5.22. The average molecular weight is 231 g/mol. The molecule has 0 atom stereocenters. The molecule has 0 saturated carbocycles. The average Bonchev–Trinajstić information content (AvgIpc) is 2.78. The molecular weight excluding hydrogens is 218 g/mol. The van der Waals surface area contributed by atoms with Crippen LogP contribution >= 0.6 is 0 Å². The van der Waals surface area contributed by atoms with Crippen LogP contribution < -0.4 is 4.90 Å². The molecular formula is C13H13NO3. The molecule has 2 rings (SSSR count). The first-order chi connectivity index (χ1) is 8.08. The standard InChI is InChI=1S/C13H13NO3/c1-9-3-5-10(6-4-9)14(2)12-8-7-11(17-12)13(15)16/h3-8H,1-2H3,(H,15,16). The Morgan fingerprint density at radius 2 is 1.82 bits per heavy atom. The number of benzene rings is 1. The highest BCUT2D eigenvalue weighted by Crippen LogP contribution is 2.25. The number of carbonyl (C=O) groups is 1. The lowest BCUT2D eigenvalue weighted by molar-refractivity contribution is 0.0663. The number of nitrogens with zero attached hydrogens (tertiary/aromatic N) is 1. The number of anilines is 2. The molecule has 17 heavy (non-hydrogen) atoms. The lowest BCUT2D eigenvalue weighted by Gasteiger charge is -2.15. The van der Waals surface area contributed by atoms with E-state index in [1.54, 1.807) is 11.0 Å². The molecule has 0 bridgehead atoms. The monoisotopic (exact) mass is 231 g/mol. The smallest absolute Gasteiger partial charge is 0.371 e. The quantitative estimate of drug-likeness (QED) is 0.882. The van der Waals surface area contributed by atoms with E-state index < -0.39 is 5.97 Å². The van der Waals surface area contributed by atoms with Crippen LogP contribution in [0.3, 0.4) is 0 Å². The normalized spacial score (nSPS) is 10.2. The molecule has 88 valence electrons. The number of hydrogen-bond donors (Lipinski definition) is 1. The van der Waals surface area contributed by atoms with Gasteiger partial charge in [0.2, 0.25) is 11.6 Å². The van der Waals surface area contributed by atoms with Gasteiger partial charge in [-0.15, -0.1) is 0 Å². The van der Waals surface area contributed by atoms with Crippen molar-refractivity contribution in [3.63, 3.8) is 0 Å². The van der Waals surface area contributed by atoms with Crippen molar-refractivity contribution < 1.29 is 14.3 Å². The van der Waals surface area contributed by atoms with Crippen molar-refractivity contribution in [3.05, 3.63) is 47.7 Å². The van der Waals surface area contributed by atoms with E-state index in [1.807, 2.05) is 38.2 Å². The van der Waals surface area contributed by atoms with Gasteiger partial charge in [0.15, 0.2) is 0 Å². The maximum Gasteiger partial charge on any atom is 0.371 e. The van der Waals surface area contributed by atoms with Gasteiger partial charge in [0.1, 0.15) is 0 Å². The minimum atomic E-state index is -1.06. The van der Waals surface area contributed by atoms with Crippen LogP contribution in [0.4, 0.5) is 11.6 Å². The molecule has 1 heterocycles. The Balaban J connectivity index is 2.27. The molecule has 4 nitrogen and oxygen atoms in total. The zero-order chi connectivity index (χ0) is 12.4. The van der Waals surface area contributed by atoms with Gasteiger partial charge in [0.05, 0.1) is 0 Å². The van der Waals surface area contributed by atoms with Gasteiger partial charge < -0.3 is 14.4 Å². The molecule has 1 aromatic heterocycles. The first-order valence-corrected chi connectivity index (χ1v) is 5.21. The summed E-state index contributed by atoms with van der Waals surface area (Å²) in [5.74, 6) is -0.612. The van der Waals surface area contributed by atoms with Gasteiger partial charge in [-0.3, -0.25) is 0 Å². The number of aryl methyl sites for hydroxylation is 1. The van der Waals surface area contributed by atoms with Gasteiger partial charge in [0, 0.05) is 18.8 Å². The SMILES string of the molecule is Cc1ccc(N(C)c2ccc(C(=O)O)o2)cc1. The molecule has 0 aliphatic heterocycles. The summed E-state index contributed by atoms with van der Waals surface area (Å²) in [5, 5.41) is 8.77. The van der Waals surface area contributed by atoms with Crippen molar-refractivity contribution in [1.29, 1.82) is 0 Å². The van der Waals surface area contributed by atoms with Crippen LogP contribution in [0.25, 0.3) is 0 Å². The fourth-order valence-corrected chi connectivity index (χ4v) is 1.52. The summed E-state index contributed by atoms with van der Waals surface area (Å²) in [5.41, 5.74) is 2.12. The third-order valence-electron chi connectivity index (χ3n) is 2.55. The second kappa shape index (κ2) is 4.33. The van der Waals surface area contributed by atoms with Crippen molar-refractivity contribution >= 4 is 17.5 Å². The minimum Gasteiger partial charge on any atom is -0.475 e. The Kier molecular flexibility index (Phi) is 2.87. The van der Waals surface area contributed by atoms with Crippen LogP contribution in [0.5, 0.6) is 0 Å². The molecule has 0 unspecified atom stereocenters. The Hall–Kier alpha value is -2.23. The summed E-state index contributed by atoms with van der Waals surface area (Å²) in [4.78, 5) is 12.5. The zero-order valence-electron chi connectivity index (χ0n) is 9.68. The molecule has 0 fully saturated rings. The lowest BCUT2D eigenvalue weighted by atomic mass is 10.2. The maximum absolute atomic E-state index is 10.7. The number of aromatic carboxylic acids is 1. The van der Waals surface area contributed by atoms with Crippen LogP contribution in [0.15, 0.2) is 40.8 Å².